The third kappa shape index (κ3) is 4.28. The fraction of sp³-hybridized carbons (Fsp3) is 0.444. The molecule has 2 heterocycles. The predicted molar refractivity (Wildman–Crippen MR) is 110 cm³/mol. The van der Waals surface area contributed by atoms with Crippen molar-refractivity contribution in [3.8, 4) is 0 Å². The quantitative estimate of drug-likeness (QED) is 0.337. The highest BCUT2D eigenvalue weighted by Gasteiger charge is 2.21. The molecule has 5 nitrogen and oxygen atoms in total. The van der Waals surface area contributed by atoms with Gasteiger partial charge in [0.15, 0.2) is 5.96 Å². The lowest BCUT2D eigenvalue weighted by Crippen LogP contribution is -2.41. The second kappa shape index (κ2) is 9.05. The molecule has 24 heavy (non-hydrogen) atoms. The van der Waals surface area contributed by atoms with Crippen LogP contribution in [0.1, 0.15) is 24.2 Å². The minimum absolute atomic E-state index is 0. The summed E-state index contributed by atoms with van der Waals surface area (Å²) in [5.41, 5.74) is 2.70. The molecule has 0 saturated carbocycles. The number of halogens is 1. The Morgan fingerprint density at radius 2 is 2.12 bits per heavy atom. The van der Waals surface area contributed by atoms with Crippen LogP contribution in [-0.2, 0) is 13.0 Å². The van der Waals surface area contributed by atoms with Crippen LogP contribution in [0.25, 0.3) is 0 Å². The summed E-state index contributed by atoms with van der Waals surface area (Å²) < 4.78 is 2.20. The minimum Gasteiger partial charge on any atom is -0.356 e. The highest BCUT2D eigenvalue weighted by Crippen LogP contribution is 2.27. The minimum atomic E-state index is 0. The first kappa shape index (κ1) is 18.8. The normalized spacial score (nSPS) is 13.6. The molecule has 0 aliphatic carbocycles. The number of fused-ring (bicyclic) bond motifs is 1. The summed E-state index contributed by atoms with van der Waals surface area (Å²) in [5, 5.41) is 3.50. The van der Waals surface area contributed by atoms with Gasteiger partial charge in [0.1, 0.15) is 5.82 Å². The van der Waals surface area contributed by atoms with Crippen LogP contribution in [0.4, 0.5) is 5.69 Å². The van der Waals surface area contributed by atoms with Crippen LogP contribution < -0.4 is 10.2 Å². The molecular weight excluding hydrogens is 413 g/mol. The van der Waals surface area contributed by atoms with Crippen LogP contribution in [-0.4, -0.2) is 35.6 Å². The number of anilines is 1. The largest absolute Gasteiger partial charge is 0.356 e. The fourth-order valence-electron chi connectivity index (χ4n) is 3.10. The average Bonchev–Trinajstić information content (AvgIpc) is 3.18. The van der Waals surface area contributed by atoms with Gasteiger partial charge in [-0.3, -0.25) is 4.99 Å². The molecule has 0 spiro atoms. The Bertz CT molecular complexity index is 680. The van der Waals surface area contributed by atoms with E-state index in [9.17, 15) is 0 Å². The van der Waals surface area contributed by atoms with E-state index in [1.165, 1.54) is 11.3 Å². The molecule has 0 amide bonds. The molecule has 1 aromatic carbocycles. The molecule has 0 saturated heterocycles. The Kier molecular flexibility index (Phi) is 7.08. The fourth-order valence-corrected chi connectivity index (χ4v) is 3.10. The van der Waals surface area contributed by atoms with Crippen molar-refractivity contribution in [1.29, 1.82) is 0 Å². The Balaban J connectivity index is 0.00000208. The zero-order chi connectivity index (χ0) is 16.1. The molecule has 3 rings (SSSR count). The standard InChI is InChI=1S/C18H25N5.HI/c1-15-20-11-14-22(15)12-6-5-10-21-18(19-2)23-13-9-16-7-3-4-8-17(16)23;/h3-4,7-8,11,14H,5-6,9-10,12-13H2,1-2H3,(H,19,21);1H. The van der Waals surface area contributed by atoms with Crippen molar-refractivity contribution in [2.24, 2.45) is 4.99 Å². The molecule has 6 heteroatoms. The van der Waals surface area contributed by atoms with Crippen molar-refractivity contribution >= 4 is 35.6 Å². The third-order valence-electron chi connectivity index (χ3n) is 4.39. The first-order valence-corrected chi connectivity index (χ1v) is 8.33. The molecule has 1 aliphatic heterocycles. The molecule has 0 unspecified atom stereocenters. The number of unbranched alkanes of at least 4 members (excludes halogenated alkanes) is 1. The molecule has 1 aromatic heterocycles. The van der Waals surface area contributed by atoms with Crippen LogP contribution in [0.15, 0.2) is 41.7 Å². The summed E-state index contributed by atoms with van der Waals surface area (Å²) >= 11 is 0. The second-order valence-corrected chi connectivity index (χ2v) is 5.88. The lowest BCUT2D eigenvalue weighted by atomic mass is 10.2. The number of aliphatic imine (C=N–C) groups is 1. The maximum atomic E-state index is 4.45. The molecular formula is C18H26IN5. The van der Waals surface area contributed by atoms with E-state index >= 15 is 0 Å². The van der Waals surface area contributed by atoms with Crippen molar-refractivity contribution in [1.82, 2.24) is 14.9 Å². The van der Waals surface area contributed by atoms with E-state index in [-0.39, 0.29) is 24.0 Å². The van der Waals surface area contributed by atoms with Crippen LogP contribution in [0.2, 0.25) is 0 Å². The van der Waals surface area contributed by atoms with Gasteiger partial charge in [0, 0.05) is 44.8 Å². The van der Waals surface area contributed by atoms with Crippen LogP contribution in [0.5, 0.6) is 0 Å². The maximum Gasteiger partial charge on any atom is 0.198 e. The molecule has 1 N–H and O–H groups in total. The number of nitrogens with one attached hydrogen (secondary N) is 1. The number of guanidine groups is 1. The van der Waals surface area contributed by atoms with E-state index in [1.807, 2.05) is 26.4 Å². The van der Waals surface area contributed by atoms with E-state index in [1.54, 1.807) is 0 Å². The summed E-state index contributed by atoms with van der Waals surface area (Å²) in [6, 6.07) is 8.58. The summed E-state index contributed by atoms with van der Waals surface area (Å²) in [6.07, 6.45) is 7.25. The van der Waals surface area contributed by atoms with Gasteiger partial charge >= 0.3 is 0 Å². The van der Waals surface area contributed by atoms with Gasteiger partial charge in [0.05, 0.1) is 0 Å². The first-order valence-electron chi connectivity index (χ1n) is 8.33. The second-order valence-electron chi connectivity index (χ2n) is 5.88. The Hall–Kier alpha value is -1.57. The first-order chi connectivity index (χ1) is 11.3. The number of rotatable bonds is 5. The van der Waals surface area contributed by atoms with E-state index in [0.29, 0.717) is 0 Å². The zero-order valence-electron chi connectivity index (χ0n) is 14.4. The number of aromatic nitrogens is 2. The Morgan fingerprint density at radius 3 is 2.88 bits per heavy atom. The van der Waals surface area contributed by atoms with Gasteiger partial charge in [-0.2, -0.15) is 0 Å². The average molecular weight is 439 g/mol. The van der Waals surface area contributed by atoms with Gasteiger partial charge < -0.3 is 14.8 Å². The molecule has 2 aromatic rings. The molecule has 0 radical (unpaired) electrons. The maximum absolute atomic E-state index is 4.45. The summed E-state index contributed by atoms with van der Waals surface area (Å²) in [4.78, 5) is 11.0. The highest BCUT2D eigenvalue weighted by atomic mass is 127. The SMILES string of the molecule is CN=C(NCCCCn1ccnc1C)N1CCc2ccccc21.I. The van der Waals surface area contributed by atoms with Crippen molar-refractivity contribution in [2.45, 2.75) is 32.7 Å². The highest BCUT2D eigenvalue weighted by molar-refractivity contribution is 14.0. The van der Waals surface area contributed by atoms with Gasteiger partial charge in [0.25, 0.3) is 0 Å². The number of hydrogen-bond acceptors (Lipinski definition) is 2. The van der Waals surface area contributed by atoms with Gasteiger partial charge in [-0.15, -0.1) is 24.0 Å². The van der Waals surface area contributed by atoms with Crippen molar-refractivity contribution < 1.29 is 0 Å². The molecule has 0 atom stereocenters. The molecule has 130 valence electrons. The lowest BCUT2D eigenvalue weighted by Gasteiger charge is -2.22. The number of imidazole rings is 1. The van der Waals surface area contributed by atoms with Crippen LogP contribution in [0.3, 0.4) is 0 Å². The lowest BCUT2D eigenvalue weighted by molar-refractivity contribution is 0.590. The predicted octanol–water partition coefficient (Wildman–Crippen LogP) is 3.23. The van der Waals surface area contributed by atoms with Crippen molar-refractivity contribution in [3.63, 3.8) is 0 Å². The number of nitrogens with zero attached hydrogens (tertiary/aromatic N) is 4. The summed E-state index contributed by atoms with van der Waals surface area (Å²) in [5.74, 6) is 2.07. The topological polar surface area (TPSA) is 45.5 Å². The van der Waals surface area contributed by atoms with Gasteiger partial charge in [-0.25, -0.2) is 4.98 Å². The van der Waals surface area contributed by atoms with E-state index in [2.05, 4.69) is 49.0 Å². The summed E-state index contributed by atoms with van der Waals surface area (Å²) in [6.45, 7) is 5.02. The monoisotopic (exact) mass is 439 g/mol. The number of hydrogen-bond donors (Lipinski definition) is 1. The van der Waals surface area contributed by atoms with E-state index < -0.39 is 0 Å². The summed E-state index contributed by atoms with van der Waals surface area (Å²) in [7, 11) is 1.86. The number of para-hydroxylation sites is 1. The number of benzene rings is 1. The van der Waals surface area contributed by atoms with E-state index in [4.69, 9.17) is 0 Å². The molecule has 0 bridgehead atoms. The molecule has 1 aliphatic rings. The zero-order valence-corrected chi connectivity index (χ0v) is 16.7. The van der Waals surface area contributed by atoms with Crippen LogP contribution in [0, 0.1) is 6.92 Å². The van der Waals surface area contributed by atoms with Crippen molar-refractivity contribution in [3.05, 3.63) is 48.0 Å². The van der Waals surface area contributed by atoms with Gasteiger partial charge in [-0.1, -0.05) is 18.2 Å². The smallest absolute Gasteiger partial charge is 0.198 e. The van der Waals surface area contributed by atoms with Gasteiger partial charge in [0.2, 0.25) is 0 Å². The number of aryl methyl sites for hydroxylation is 2. The van der Waals surface area contributed by atoms with Gasteiger partial charge in [-0.05, 0) is 37.8 Å². The van der Waals surface area contributed by atoms with Crippen LogP contribution >= 0.6 is 24.0 Å². The third-order valence-corrected chi connectivity index (χ3v) is 4.39. The Labute approximate surface area is 161 Å². The van der Waals surface area contributed by atoms with Crippen molar-refractivity contribution in [2.75, 3.05) is 25.0 Å². The van der Waals surface area contributed by atoms with E-state index in [0.717, 1.165) is 50.7 Å². The molecule has 0 fully saturated rings. The Morgan fingerprint density at radius 1 is 1.29 bits per heavy atom.